The molecule has 2 N–H and O–H groups in total. The van der Waals surface area contributed by atoms with Gasteiger partial charge in [0.2, 0.25) is 11.8 Å². The number of hydrogen-bond donors (Lipinski definition) is 1. The molecule has 0 unspecified atom stereocenters. The molecule has 4 nitrogen and oxygen atoms in total. The van der Waals surface area contributed by atoms with E-state index in [2.05, 4.69) is 0 Å². The molecular weight excluding hydrogens is 212 g/mol. The quantitative estimate of drug-likeness (QED) is 0.433. The molecule has 2 amide bonds. The highest BCUT2D eigenvalue weighted by Crippen LogP contribution is 2.13. The zero-order valence-electron chi connectivity index (χ0n) is 8.70. The highest BCUT2D eigenvalue weighted by Gasteiger charge is 2.24. The SMILES string of the molecule is NC(=S)CCCCN1C(=O)CCCC1=O. The van der Waals surface area contributed by atoms with Gasteiger partial charge >= 0.3 is 0 Å². The van der Waals surface area contributed by atoms with E-state index < -0.39 is 0 Å². The molecule has 1 rings (SSSR count). The van der Waals surface area contributed by atoms with E-state index in [1.807, 2.05) is 0 Å². The largest absolute Gasteiger partial charge is 0.393 e. The summed E-state index contributed by atoms with van der Waals surface area (Å²) in [7, 11) is 0. The van der Waals surface area contributed by atoms with E-state index in [1.54, 1.807) is 0 Å². The Morgan fingerprint density at radius 2 is 1.87 bits per heavy atom. The molecule has 0 aromatic heterocycles. The number of unbranched alkanes of at least 4 members (excludes halogenated alkanes) is 1. The predicted molar refractivity (Wildman–Crippen MR) is 61.2 cm³/mol. The van der Waals surface area contributed by atoms with Gasteiger partial charge in [-0.3, -0.25) is 14.5 Å². The lowest BCUT2D eigenvalue weighted by Gasteiger charge is -2.24. The van der Waals surface area contributed by atoms with E-state index in [9.17, 15) is 9.59 Å². The minimum Gasteiger partial charge on any atom is -0.393 e. The molecule has 0 bridgehead atoms. The van der Waals surface area contributed by atoms with Crippen LogP contribution < -0.4 is 5.73 Å². The monoisotopic (exact) mass is 228 g/mol. The van der Waals surface area contributed by atoms with Crippen molar-refractivity contribution >= 4 is 29.0 Å². The molecule has 0 aromatic rings. The number of nitrogens with two attached hydrogens (primary N) is 1. The maximum Gasteiger partial charge on any atom is 0.229 e. The van der Waals surface area contributed by atoms with E-state index in [-0.39, 0.29) is 11.8 Å². The highest BCUT2D eigenvalue weighted by atomic mass is 32.1. The van der Waals surface area contributed by atoms with Crippen LogP contribution >= 0.6 is 12.2 Å². The van der Waals surface area contributed by atoms with Crippen molar-refractivity contribution in [3.8, 4) is 0 Å². The first-order chi connectivity index (χ1) is 7.11. The molecule has 1 heterocycles. The lowest BCUT2D eigenvalue weighted by Crippen LogP contribution is -2.40. The van der Waals surface area contributed by atoms with Crippen LogP contribution in [0.2, 0.25) is 0 Å². The third-order valence-corrected chi connectivity index (χ3v) is 2.64. The van der Waals surface area contributed by atoms with Crippen LogP contribution in [-0.2, 0) is 9.59 Å². The highest BCUT2D eigenvalue weighted by molar-refractivity contribution is 7.80. The summed E-state index contributed by atoms with van der Waals surface area (Å²) >= 11 is 4.74. The van der Waals surface area contributed by atoms with E-state index in [4.69, 9.17) is 18.0 Å². The van der Waals surface area contributed by atoms with Crippen molar-refractivity contribution in [2.75, 3.05) is 6.54 Å². The topological polar surface area (TPSA) is 63.4 Å². The molecule has 0 spiro atoms. The third kappa shape index (κ3) is 3.95. The number of amides is 2. The van der Waals surface area contributed by atoms with E-state index in [1.165, 1.54) is 4.90 Å². The van der Waals surface area contributed by atoms with Crippen LogP contribution in [-0.4, -0.2) is 28.2 Å². The Labute approximate surface area is 94.8 Å². The second kappa shape index (κ2) is 5.80. The van der Waals surface area contributed by atoms with Gasteiger partial charge in [0.15, 0.2) is 0 Å². The second-order valence-corrected chi connectivity index (χ2v) is 4.24. The number of hydrogen-bond acceptors (Lipinski definition) is 3. The number of carbonyl (C=O) groups is 2. The molecule has 1 aliphatic heterocycles. The summed E-state index contributed by atoms with van der Waals surface area (Å²) in [6.07, 6.45) is 4.01. The fourth-order valence-corrected chi connectivity index (χ4v) is 1.76. The molecule has 0 aliphatic carbocycles. The van der Waals surface area contributed by atoms with Crippen molar-refractivity contribution in [1.29, 1.82) is 0 Å². The van der Waals surface area contributed by atoms with Gasteiger partial charge in [0, 0.05) is 19.4 Å². The van der Waals surface area contributed by atoms with Crippen molar-refractivity contribution in [1.82, 2.24) is 4.90 Å². The molecule has 1 aliphatic rings. The van der Waals surface area contributed by atoms with Crippen LogP contribution in [0.5, 0.6) is 0 Å². The molecular formula is C10H16N2O2S. The molecule has 15 heavy (non-hydrogen) atoms. The van der Waals surface area contributed by atoms with E-state index in [0.29, 0.717) is 37.2 Å². The Hall–Kier alpha value is -0.970. The molecule has 0 aromatic carbocycles. The van der Waals surface area contributed by atoms with Gasteiger partial charge in [-0.25, -0.2) is 0 Å². The fraction of sp³-hybridized carbons (Fsp3) is 0.700. The average molecular weight is 228 g/mol. The van der Waals surface area contributed by atoms with Crippen LogP contribution in [0.15, 0.2) is 0 Å². The van der Waals surface area contributed by atoms with Gasteiger partial charge in [-0.15, -0.1) is 0 Å². The van der Waals surface area contributed by atoms with Crippen LogP contribution in [0.1, 0.15) is 38.5 Å². The Bertz CT molecular complexity index is 263. The predicted octanol–water partition coefficient (Wildman–Crippen LogP) is 0.982. The zero-order valence-corrected chi connectivity index (χ0v) is 9.52. The van der Waals surface area contributed by atoms with Gasteiger partial charge in [0.1, 0.15) is 0 Å². The third-order valence-electron chi connectivity index (χ3n) is 2.44. The molecule has 1 fully saturated rings. The molecule has 0 radical (unpaired) electrons. The number of rotatable bonds is 5. The molecule has 1 saturated heterocycles. The van der Waals surface area contributed by atoms with Crippen molar-refractivity contribution < 1.29 is 9.59 Å². The van der Waals surface area contributed by atoms with Gasteiger partial charge in [-0.1, -0.05) is 12.2 Å². The average Bonchev–Trinajstić information content (AvgIpc) is 2.15. The van der Waals surface area contributed by atoms with Crippen LogP contribution in [0, 0.1) is 0 Å². The fourth-order valence-electron chi connectivity index (χ4n) is 1.62. The zero-order chi connectivity index (χ0) is 11.3. The van der Waals surface area contributed by atoms with Crippen molar-refractivity contribution in [3.05, 3.63) is 0 Å². The Balaban J connectivity index is 2.26. The number of thiocarbonyl (C=S) groups is 1. The lowest BCUT2D eigenvalue weighted by atomic mass is 10.1. The maximum absolute atomic E-state index is 11.4. The van der Waals surface area contributed by atoms with E-state index in [0.717, 1.165) is 12.8 Å². The Morgan fingerprint density at radius 3 is 2.40 bits per heavy atom. The molecule has 0 saturated carbocycles. The standard InChI is InChI=1S/C10H16N2O2S/c11-8(15)4-1-2-7-12-9(13)5-3-6-10(12)14/h1-7H2,(H2,11,15). The molecule has 5 heteroatoms. The number of carbonyl (C=O) groups excluding carboxylic acids is 2. The van der Waals surface area contributed by atoms with Crippen LogP contribution in [0.3, 0.4) is 0 Å². The Morgan fingerprint density at radius 1 is 1.27 bits per heavy atom. The van der Waals surface area contributed by atoms with Crippen molar-refractivity contribution in [2.24, 2.45) is 5.73 Å². The minimum atomic E-state index is -0.0402. The maximum atomic E-state index is 11.4. The summed E-state index contributed by atoms with van der Waals surface area (Å²) in [5.74, 6) is -0.0804. The lowest BCUT2D eigenvalue weighted by molar-refractivity contribution is -0.147. The number of piperidine rings is 1. The first-order valence-electron chi connectivity index (χ1n) is 5.23. The van der Waals surface area contributed by atoms with Crippen molar-refractivity contribution in [2.45, 2.75) is 38.5 Å². The smallest absolute Gasteiger partial charge is 0.229 e. The summed E-state index contributed by atoms with van der Waals surface area (Å²) in [6, 6.07) is 0. The van der Waals surface area contributed by atoms with Crippen LogP contribution in [0.25, 0.3) is 0 Å². The summed E-state index contributed by atoms with van der Waals surface area (Å²) in [5, 5.41) is 0. The summed E-state index contributed by atoms with van der Waals surface area (Å²) in [6.45, 7) is 0.514. The summed E-state index contributed by atoms with van der Waals surface area (Å²) < 4.78 is 0. The van der Waals surface area contributed by atoms with Gasteiger partial charge in [0.05, 0.1) is 4.99 Å². The van der Waals surface area contributed by atoms with Crippen LogP contribution in [0.4, 0.5) is 0 Å². The molecule has 84 valence electrons. The second-order valence-electron chi connectivity index (χ2n) is 3.72. The first kappa shape index (κ1) is 12.1. The minimum absolute atomic E-state index is 0.0402. The van der Waals surface area contributed by atoms with Crippen molar-refractivity contribution in [3.63, 3.8) is 0 Å². The van der Waals surface area contributed by atoms with Gasteiger partial charge in [-0.05, 0) is 25.7 Å². The van der Waals surface area contributed by atoms with Gasteiger partial charge in [0.25, 0.3) is 0 Å². The van der Waals surface area contributed by atoms with E-state index >= 15 is 0 Å². The normalized spacial score (nSPS) is 16.9. The van der Waals surface area contributed by atoms with Gasteiger partial charge in [-0.2, -0.15) is 0 Å². The number of nitrogens with zero attached hydrogens (tertiary/aromatic N) is 1. The number of imide groups is 1. The van der Waals surface area contributed by atoms with Gasteiger partial charge < -0.3 is 5.73 Å². The first-order valence-corrected chi connectivity index (χ1v) is 5.63. The summed E-state index contributed by atoms with van der Waals surface area (Å²) in [5.41, 5.74) is 5.35. The Kier molecular flexibility index (Phi) is 4.68. The number of likely N-dealkylation sites (tertiary alicyclic amines) is 1. The molecule has 0 atom stereocenters. The summed E-state index contributed by atoms with van der Waals surface area (Å²) in [4.78, 5) is 24.6.